The molecule has 2 atom stereocenters. The van der Waals surface area contributed by atoms with E-state index in [0.717, 1.165) is 19.4 Å². The Bertz CT molecular complexity index is 253. The van der Waals surface area contributed by atoms with E-state index in [1.807, 2.05) is 0 Å². The summed E-state index contributed by atoms with van der Waals surface area (Å²) >= 11 is 0. The van der Waals surface area contributed by atoms with Gasteiger partial charge in [-0.25, -0.2) is 9.34 Å². The Hall–Kier alpha value is 0.0700. The van der Waals surface area contributed by atoms with Gasteiger partial charge in [0.05, 0.1) is 12.3 Å². The fourth-order valence-electron chi connectivity index (χ4n) is 2.10. The number of nitrogens with zero attached hydrogens (tertiary/aromatic N) is 2. The summed E-state index contributed by atoms with van der Waals surface area (Å²) in [4.78, 5) is 0. The van der Waals surface area contributed by atoms with Crippen molar-refractivity contribution < 1.29 is 9.67 Å². The molecular formula is C10H24N3O2P. The van der Waals surface area contributed by atoms with Gasteiger partial charge in [-0.15, -0.1) is 0 Å². The summed E-state index contributed by atoms with van der Waals surface area (Å²) in [7, 11) is 4.61. The molecule has 6 heteroatoms. The minimum Gasteiger partial charge on any atom is -0.391 e. The van der Waals surface area contributed by atoms with Gasteiger partial charge in [-0.05, 0) is 47.6 Å². The van der Waals surface area contributed by atoms with Crippen LogP contribution in [-0.2, 0) is 4.57 Å². The van der Waals surface area contributed by atoms with Crippen molar-refractivity contribution in [3.05, 3.63) is 0 Å². The van der Waals surface area contributed by atoms with Crippen LogP contribution < -0.4 is 5.32 Å². The van der Waals surface area contributed by atoms with Gasteiger partial charge < -0.3 is 10.4 Å². The van der Waals surface area contributed by atoms with Gasteiger partial charge in [0.15, 0.2) is 0 Å². The number of hydrogen-bond acceptors (Lipinski definition) is 3. The zero-order valence-electron chi connectivity index (χ0n) is 10.7. The molecule has 2 N–H and O–H groups in total. The van der Waals surface area contributed by atoms with Crippen molar-refractivity contribution in [1.29, 1.82) is 0 Å². The zero-order chi connectivity index (χ0) is 12.3. The Morgan fingerprint density at radius 2 is 1.94 bits per heavy atom. The largest absolute Gasteiger partial charge is 0.391 e. The molecule has 1 rings (SSSR count). The highest BCUT2D eigenvalue weighted by Gasteiger charge is 2.34. The molecule has 0 bridgehead atoms. The molecule has 16 heavy (non-hydrogen) atoms. The van der Waals surface area contributed by atoms with Crippen molar-refractivity contribution in [1.82, 2.24) is 14.7 Å². The van der Waals surface area contributed by atoms with Crippen LogP contribution in [0, 0.1) is 0 Å². The highest BCUT2D eigenvalue weighted by molar-refractivity contribution is 7.59. The molecule has 0 aromatic heterocycles. The Morgan fingerprint density at radius 3 is 2.31 bits per heavy atom. The smallest absolute Gasteiger partial charge is 0.218 e. The molecule has 1 heterocycles. The van der Waals surface area contributed by atoms with E-state index in [1.54, 1.807) is 37.5 Å². The van der Waals surface area contributed by atoms with E-state index >= 15 is 0 Å². The van der Waals surface area contributed by atoms with Gasteiger partial charge in [0.1, 0.15) is 0 Å². The van der Waals surface area contributed by atoms with Crippen molar-refractivity contribution in [3.63, 3.8) is 0 Å². The van der Waals surface area contributed by atoms with E-state index in [2.05, 4.69) is 5.32 Å². The van der Waals surface area contributed by atoms with Gasteiger partial charge in [0, 0.05) is 6.04 Å². The predicted molar refractivity (Wildman–Crippen MR) is 66.9 cm³/mol. The Balaban J connectivity index is 2.64. The molecule has 5 nitrogen and oxygen atoms in total. The highest BCUT2D eigenvalue weighted by atomic mass is 31.2. The van der Waals surface area contributed by atoms with Crippen molar-refractivity contribution in [2.75, 3.05) is 40.9 Å². The third kappa shape index (κ3) is 3.05. The minimum atomic E-state index is -2.60. The van der Waals surface area contributed by atoms with Gasteiger partial charge in [0.25, 0.3) is 0 Å². The van der Waals surface area contributed by atoms with E-state index in [9.17, 15) is 9.67 Å². The minimum absolute atomic E-state index is 0.105. The third-order valence-electron chi connectivity index (χ3n) is 3.24. The predicted octanol–water partition coefficient (Wildman–Crippen LogP) is 0.416. The first-order valence-electron chi connectivity index (χ1n) is 5.74. The van der Waals surface area contributed by atoms with E-state index in [1.165, 1.54) is 0 Å². The molecule has 1 fully saturated rings. The molecule has 1 aliphatic rings. The van der Waals surface area contributed by atoms with Crippen LogP contribution >= 0.6 is 7.44 Å². The van der Waals surface area contributed by atoms with Gasteiger partial charge in [-0.1, -0.05) is 0 Å². The second kappa shape index (κ2) is 5.61. The first-order chi connectivity index (χ1) is 7.38. The third-order valence-corrected chi connectivity index (χ3v) is 6.59. The lowest BCUT2D eigenvalue weighted by molar-refractivity contribution is 0.153. The second-order valence-electron chi connectivity index (χ2n) is 4.81. The summed E-state index contributed by atoms with van der Waals surface area (Å²) in [6.07, 6.45) is 1.86. The Kier molecular flexibility index (Phi) is 4.95. The normalized spacial score (nSPS) is 24.3. The molecule has 0 amide bonds. The number of aliphatic hydroxyl groups excluding tert-OH is 1. The average molecular weight is 249 g/mol. The monoisotopic (exact) mass is 249 g/mol. The van der Waals surface area contributed by atoms with Crippen LogP contribution in [0.25, 0.3) is 0 Å². The van der Waals surface area contributed by atoms with Crippen LogP contribution in [0.15, 0.2) is 0 Å². The standard InChI is InChI=1S/C10H24N3O2P/c1-12(2)16(15,13(3)4)8-10(14)9-6-5-7-11-9/h9-11,14H,5-8H2,1-4H3/t9-,10+/m0/s1. The molecular weight excluding hydrogens is 225 g/mol. The molecule has 0 aromatic rings. The van der Waals surface area contributed by atoms with E-state index < -0.39 is 13.5 Å². The van der Waals surface area contributed by atoms with Crippen molar-refractivity contribution >= 4 is 7.44 Å². The summed E-state index contributed by atoms with van der Waals surface area (Å²) in [6, 6.07) is 0.105. The SMILES string of the molecule is CN(C)P(=O)(C[C@@H](O)[C@@H]1CCCN1)N(C)C. The molecule has 1 saturated heterocycles. The van der Waals surface area contributed by atoms with E-state index in [4.69, 9.17) is 0 Å². The summed E-state index contributed by atoms with van der Waals surface area (Å²) in [5.74, 6) is 0. The number of rotatable bonds is 5. The van der Waals surface area contributed by atoms with Gasteiger partial charge >= 0.3 is 0 Å². The molecule has 0 spiro atoms. The molecule has 0 saturated carbocycles. The molecule has 96 valence electrons. The first-order valence-corrected chi connectivity index (χ1v) is 7.54. The fourth-order valence-corrected chi connectivity index (χ4v) is 4.21. The summed E-state index contributed by atoms with van der Waals surface area (Å²) in [5.41, 5.74) is 0. The first kappa shape index (κ1) is 14.1. The Labute approximate surface area is 98.3 Å². The molecule has 1 aliphatic heterocycles. The van der Waals surface area contributed by atoms with E-state index in [-0.39, 0.29) is 6.04 Å². The van der Waals surface area contributed by atoms with Crippen LogP contribution in [0.5, 0.6) is 0 Å². The molecule has 0 aromatic carbocycles. The maximum Gasteiger partial charge on any atom is 0.218 e. The topological polar surface area (TPSA) is 55.8 Å². The molecule has 0 aliphatic carbocycles. The lowest BCUT2D eigenvalue weighted by atomic mass is 10.1. The van der Waals surface area contributed by atoms with Crippen LogP contribution in [0.1, 0.15) is 12.8 Å². The van der Waals surface area contributed by atoms with Crippen LogP contribution in [0.2, 0.25) is 0 Å². The lowest BCUT2D eigenvalue weighted by Crippen LogP contribution is -2.39. The van der Waals surface area contributed by atoms with Crippen molar-refractivity contribution in [3.8, 4) is 0 Å². The quantitative estimate of drug-likeness (QED) is 0.691. The van der Waals surface area contributed by atoms with Gasteiger partial charge in [0.2, 0.25) is 7.44 Å². The maximum atomic E-state index is 12.6. The van der Waals surface area contributed by atoms with Crippen LogP contribution in [0.4, 0.5) is 0 Å². The fraction of sp³-hybridized carbons (Fsp3) is 1.00. The van der Waals surface area contributed by atoms with Crippen LogP contribution in [0.3, 0.4) is 0 Å². The average Bonchev–Trinajstić information content (AvgIpc) is 2.69. The zero-order valence-corrected chi connectivity index (χ0v) is 11.6. The highest BCUT2D eigenvalue weighted by Crippen LogP contribution is 2.50. The van der Waals surface area contributed by atoms with Crippen molar-refractivity contribution in [2.24, 2.45) is 0 Å². The number of aliphatic hydroxyl groups is 1. The lowest BCUT2D eigenvalue weighted by Gasteiger charge is -2.33. The van der Waals surface area contributed by atoms with Gasteiger partial charge in [-0.2, -0.15) is 0 Å². The number of nitrogens with one attached hydrogen (secondary N) is 1. The van der Waals surface area contributed by atoms with Crippen LogP contribution in [-0.4, -0.2) is 67.5 Å². The molecule has 0 radical (unpaired) electrons. The summed E-state index contributed by atoms with van der Waals surface area (Å²) < 4.78 is 16.1. The summed E-state index contributed by atoms with van der Waals surface area (Å²) in [6.45, 7) is 0.954. The molecule has 0 unspecified atom stereocenters. The van der Waals surface area contributed by atoms with E-state index in [0.29, 0.717) is 6.16 Å². The number of hydrogen-bond donors (Lipinski definition) is 2. The van der Waals surface area contributed by atoms with Gasteiger partial charge in [-0.3, -0.25) is 4.57 Å². The maximum absolute atomic E-state index is 12.6. The second-order valence-corrected chi connectivity index (χ2v) is 8.11. The van der Waals surface area contributed by atoms with Crippen molar-refractivity contribution in [2.45, 2.75) is 25.0 Å². The summed E-state index contributed by atoms with van der Waals surface area (Å²) in [5, 5.41) is 13.3. The Morgan fingerprint density at radius 1 is 1.38 bits per heavy atom.